The van der Waals surface area contributed by atoms with Crippen LogP contribution in [0.3, 0.4) is 0 Å². The fourth-order valence-electron chi connectivity index (χ4n) is 3.32. The average Bonchev–Trinajstić information content (AvgIpc) is 3.10. The fourth-order valence-corrected chi connectivity index (χ4v) is 6.38. The minimum Gasteiger partial charge on any atom is -0.490 e. The predicted molar refractivity (Wildman–Crippen MR) is 155 cm³/mol. The van der Waals surface area contributed by atoms with E-state index in [1.165, 1.54) is 17.0 Å². The lowest BCUT2D eigenvalue weighted by atomic mass is 10.1. The molecule has 0 bridgehead atoms. The molecule has 1 aliphatic heterocycles. The van der Waals surface area contributed by atoms with Crippen LogP contribution >= 0.6 is 56.9 Å². The zero-order valence-corrected chi connectivity index (χ0v) is 24.8. The van der Waals surface area contributed by atoms with Crippen molar-refractivity contribution in [3.05, 3.63) is 89.9 Å². The van der Waals surface area contributed by atoms with Crippen molar-refractivity contribution in [2.75, 3.05) is 6.61 Å². The van der Waals surface area contributed by atoms with E-state index in [1.54, 1.807) is 43.3 Å². The molecule has 3 aromatic rings. The normalized spacial score (nSPS) is 15.0. The monoisotopic (exact) mass is 747 g/mol. The fraction of sp³-hybridized carbons (Fsp3) is 0.120. The molecule has 11 heteroatoms. The molecule has 186 valence electrons. The van der Waals surface area contributed by atoms with E-state index in [0.717, 1.165) is 20.9 Å². The average molecular weight is 747 g/mol. The molecule has 0 spiro atoms. The Morgan fingerprint density at radius 1 is 1.00 bits per heavy atom. The number of nitrogens with zero attached hydrogens (tertiary/aromatic N) is 1. The van der Waals surface area contributed by atoms with Crippen molar-refractivity contribution in [2.24, 2.45) is 0 Å². The number of rotatable bonds is 8. The van der Waals surface area contributed by atoms with E-state index in [-0.39, 0.29) is 45.6 Å². The molecule has 0 aliphatic carbocycles. The first-order valence-corrected chi connectivity index (χ1v) is 15.0. The number of hydrogen-bond donors (Lipinski definition) is 0. The molecule has 1 aliphatic rings. The van der Waals surface area contributed by atoms with Crippen LogP contribution in [0.2, 0.25) is 0 Å². The van der Waals surface area contributed by atoms with Gasteiger partial charge in [-0.25, -0.2) is 0 Å². The van der Waals surface area contributed by atoms with E-state index in [0.29, 0.717) is 9.13 Å². The van der Waals surface area contributed by atoms with E-state index in [4.69, 9.17) is 8.92 Å². The van der Waals surface area contributed by atoms with E-state index in [9.17, 15) is 18.0 Å². The van der Waals surface area contributed by atoms with Gasteiger partial charge < -0.3 is 8.92 Å². The minimum atomic E-state index is -4.08. The minimum absolute atomic E-state index is 0.0223. The number of benzene rings is 3. The van der Waals surface area contributed by atoms with Crippen LogP contribution in [0.15, 0.2) is 76.5 Å². The summed E-state index contributed by atoms with van der Waals surface area (Å²) >= 11 is 5.02. The molecule has 0 saturated carbocycles. The number of hydrogen-bond acceptors (Lipinski definition) is 7. The summed E-state index contributed by atoms with van der Waals surface area (Å²) in [6, 6.07) is 18.7. The van der Waals surface area contributed by atoms with Crippen molar-refractivity contribution in [1.82, 2.24) is 4.90 Å². The van der Waals surface area contributed by atoms with Crippen LogP contribution in [-0.2, 0) is 21.5 Å². The number of amides is 2. The van der Waals surface area contributed by atoms with Gasteiger partial charge in [0.2, 0.25) is 0 Å². The van der Waals surface area contributed by atoms with E-state index in [1.807, 2.05) is 46.9 Å². The zero-order chi connectivity index (χ0) is 25.9. The maximum absolute atomic E-state index is 13.0. The van der Waals surface area contributed by atoms with Crippen LogP contribution in [-0.4, -0.2) is 31.1 Å². The molecule has 2 amide bonds. The standard InChI is InChI=1S/C25H19I2NO6S2/c1-2-33-21-13-17(12-20(27)23(21)34-36(31,32)19-6-4-3-5-7-19)14-22-24(29)28(25(30)35-22)15-16-8-10-18(26)11-9-16/h3-14H,2,15H2,1H3/b22-14-. The Morgan fingerprint density at radius 2 is 1.69 bits per heavy atom. The second-order valence-electron chi connectivity index (χ2n) is 7.51. The third kappa shape index (κ3) is 6.23. The van der Waals surface area contributed by atoms with Gasteiger partial charge in [0, 0.05) is 3.57 Å². The van der Waals surface area contributed by atoms with Gasteiger partial charge in [-0.05, 0) is 117 Å². The van der Waals surface area contributed by atoms with Crippen molar-refractivity contribution in [3.63, 3.8) is 0 Å². The highest BCUT2D eigenvalue weighted by atomic mass is 127. The summed E-state index contributed by atoms with van der Waals surface area (Å²) < 4.78 is 38.2. The molecular formula is C25H19I2NO6S2. The van der Waals surface area contributed by atoms with E-state index < -0.39 is 10.1 Å². The summed E-state index contributed by atoms with van der Waals surface area (Å²) in [5.41, 5.74) is 1.43. The lowest BCUT2D eigenvalue weighted by molar-refractivity contribution is -0.123. The highest BCUT2D eigenvalue weighted by molar-refractivity contribution is 14.1. The second kappa shape index (κ2) is 11.5. The molecule has 0 unspecified atom stereocenters. The molecule has 4 rings (SSSR count). The number of carbonyl (C=O) groups is 2. The van der Waals surface area contributed by atoms with E-state index in [2.05, 4.69) is 22.6 Å². The number of ether oxygens (including phenoxy) is 1. The van der Waals surface area contributed by atoms with Crippen LogP contribution < -0.4 is 8.92 Å². The Hall–Kier alpha value is -2.10. The molecule has 1 heterocycles. The van der Waals surface area contributed by atoms with Crippen molar-refractivity contribution >= 4 is 84.3 Å². The van der Waals surface area contributed by atoms with Crippen molar-refractivity contribution in [1.29, 1.82) is 0 Å². The lowest BCUT2D eigenvalue weighted by Crippen LogP contribution is -2.27. The Labute approximate surface area is 240 Å². The molecule has 7 nitrogen and oxygen atoms in total. The van der Waals surface area contributed by atoms with Crippen molar-refractivity contribution in [3.8, 4) is 11.5 Å². The number of thioether (sulfide) groups is 1. The molecule has 0 aromatic heterocycles. The van der Waals surface area contributed by atoms with Gasteiger partial charge >= 0.3 is 10.1 Å². The Kier molecular flexibility index (Phi) is 8.63. The first kappa shape index (κ1) is 26.9. The molecule has 1 saturated heterocycles. The van der Waals surface area contributed by atoms with Gasteiger partial charge in [-0.3, -0.25) is 14.5 Å². The van der Waals surface area contributed by atoms with Gasteiger partial charge in [0.25, 0.3) is 11.1 Å². The van der Waals surface area contributed by atoms with Gasteiger partial charge in [0.05, 0.1) is 21.6 Å². The smallest absolute Gasteiger partial charge is 0.339 e. The van der Waals surface area contributed by atoms with Gasteiger partial charge in [-0.2, -0.15) is 8.42 Å². The number of halogens is 2. The van der Waals surface area contributed by atoms with Crippen molar-refractivity contribution in [2.45, 2.75) is 18.4 Å². The lowest BCUT2D eigenvalue weighted by Gasteiger charge is -2.15. The second-order valence-corrected chi connectivity index (χ2v) is 12.5. The molecule has 36 heavy (non-hydrogen) atoms. The van der Waals surface area contributed by atoms with Crippen LogP contribution in [0.5, 0.6) is 11.5 Å². The van der Waals surface area contributed by atoms with E-state index >= 15 is 0 Å². The Balaban J connectivity index is 1.61. The quantitative estimate of drug-likeness (QED) is 0.152. The molecule has 1 fully saturated rings. The van der Waals surface area contributed by atoms with Gasteiger partial charge in [0.1, 0.15) is 4.90 Å². The topological polar surface area (TPSA) is 90.0 Å². The third-order valence-corrected chi connectivity index (χ3v) is 8.65. The number of carbonyl (C=O) groups excluding carboxylic acids is 2. The summed E-state index contributed by atoms with van der Waals surface area (Å²) in [7, 11) is -4.08. The maximum atomic E-state index is 13.0. The molecule has 3 aromatic carbocycles. The zero-order valence-electron chi connectivity index (χ0n) is 18.8. The van der Waals surface area contributed by atoms with Gasteiger partial charge in [-0.1, -0.05) is 30.3 Å². The molecule has 0 atom stereocenters. The highest BCUT2D eigenvalue weighted by Gasteiger charge is 2.35. The molecule has 0 N–H and O–H groups in total. The first-order chi connectivity index (χ1) is 17.2. The van der Waals surface area contributed by atoms with Gasteiger partial charge in [-0.15, -0.1) is 0 Å². The maximum Gasteiger partial charge on any atom is 0.339 e. The summed E-state index contributed by atoms with van der Waals surface area (Å²) in [6.45, 7) is 2.23. The van der Waals surface area contributed by atoms with Crippen LogP contribution in [0, 0.1) is 7.14 Å². The summed E-state index contributed by atoms with van der Waals surface area (Å²) in [4.78, 5) is 27.0. The van der Waals surface area contributed by atoms with Gasteiger partial charge in [0.15, 0.2) is 11.5 Å². The Bertz CT molecular complexity index is 1440. The molecular weight excluding hydrogens is 728 g/mol. The highest BCUT2D eigenvalue weighted by Crippen LogP contribution is 2.39. The largest absolute Gasteiger partial charge is 0.490 e. The summed E-state index contributed by atoms with van der Waals surface area (Å²) in [5.74, 6) is -0.109. The SMILES string of the molecule is CCOc1cc(/C=C2\SC(=O)N(Cc3ccc(I)cc3)C2=O)cc(I)c1OS(=O)(=O)c1ccccc1. The van der Waals surface area contributed by atoms with Crippen molar-refractivity contribution < 1.29 is 26.9 Å². The predicted octanol–water partition coefficient (Wildman–Crippen LogP) is 6.30. The summed E-state index contributed by atoms with van der Waals surface area (Å²) in [6.07, 6.45) is 1.60. The third-order valence-electron chi connectivity index (χ3n) is 4.98. The Morgan fingerprint density at radius 3 is 2.36 bits per heavy atom. The van der Waals surface area contributed by atoms with Crippen LogP contribution in [0.1, 0.15) is 18.1 Å². The molecule has 0 radical (unpaired) electrons. The first-order valence-electron chi connectivity index (χ1n) is 10.6. The van der Waals surface area contributed by atoms with Crippen LogP contribution in [0.4, 0.5) is 4.79 Å². The van der Waals surface area contributed by atoms with Crippen LogP contribution in [0.25, 0.3) is 6.08 Å². The number of imide groups is 1. The summed E-state index contributed by atoms with van der Waals surface area (Å²) in [5, 5.41) is -0.349.